The molecular weight excluding hydrogens is 282 g/mol. The van der Waals surface area contributed by atoms with Gasteiger partial charge in [-0.2, -0.15) is 0 Å². The van der Waals surface area contributed by atoms with E-state index in [1.807, 2.05) is 25.1 Å². The Morgan fingerprint density at radius 3 is 2.81 bits per heavy atom. The molecule has 21 heavy (non-hydrogen) atoms. The van der Waals surface area contributed by atoms with Crippen molar-refractivity contribution in [3.63, 3.8) is 0 Å². The third-order valence-electron chi connectivity index (χ3n) is 4.03. The first-order valence-electron chi connectivity index (χ1n) is 7.21. The minimum absolute atomic E-state index is 0.0104. The van der Waals surface area contributed by atoms with Gasteiger partial charge in [0, 0.05) is 4.88 Å². The van der Waals surface area contributed by atoms with Crippen molar-refractivity contribution in [2.24, 2.45) is 0 Å². The Hall–Kier alpha value is -1.81. The first-order chi connectivity index (χ1) is 10.1. The van der Waals surface area contributed by atoms with Crippen LogP contribution in [0.4, 0.5) is 5.00 Å². The van der Waals surface area contributed by atoms with Crippen molar-refractivity contribution < 1.29 is 9.53 Å². The maximum absolute atomic E-state index is 12.9. The quantitative estimate of drug-likeness (QED) is 0.878. The number of hydrogen-bond donors (Lipinski definition) is 1. The van der Waals surface area contributed by atoms with E-state index in [1.54, 1.807) is 18.4 Å². The predicted octanol–water partition coefficient (Wildman–Crippen LogP) is 3.76. The minimum Gasteiger partial charge on any atom is -0.496 e. The third-order valence-corrected chi connectivity index (χ3v) is 5.15. The van der Waals surface area contributed by atoms with Crippen LogP contribution in [0, 0.1) is 6.92 Å². The number of aryl methyl sites for hydroxylation is 2. The van der Waals surface area contributed by atoms with Crippen LogP contribution >= 0.6 is 11.3 Å². The molecule has 0 aliphatic heterocycles. The van der Waals surface area contributed by atoms with Crippen LogP contribution < -0.4 is 10.5 Å². The zero-order chi connectivity index (χ0) is 15.0. The van der Waals surface area contributed by atoms with Gasteiger partial charge in [0.25, 0.3) is 0 Å². The molecule has 0 saturated heterocycles. The fraction of sp³-hybridized carbons (Fsp3) is 0.353. The molecule has 0 atom stereocenters. The molecule has 0 unspecified atom stereocenters. The summed E-state index contributed by atoms with van der Waals surface area (Å²) in [6, 6.07) is 5.66. The molecule has 0 spiro atoms. The van der Waals surface area contributed by atoms with Gasteiger partial charge in [-0.1, -0.05) is 6.07 Å². The predicted molar refractivity (Wildman–Crippen MR) is 86.5 cm³/mol. The number of carbonyl (C=O) groups excluding carboxylic acids is 1. The van der Waals surface area contributed by atoms with Gasteiger partial charge in [-0.3, -0.25) is 4.79 Å². The summed E-state index contributed by atoms with van der Waals surface area (Å²) < 4.78 is 5.37. The van der Waals surface area contributed by atoms with Crippen molar-refractivity contribution in [2.45, 2.75) is 32.6 Å². The number of carbonyl (C=O) groups is 1. The van der Waals surface area contributed by atoms with Crippen molar-refractivity contribution in [2.75, 3.05) is 12.8 Å². The van der Waals surface area contributed by atoms with Gasteiger partial charge in [-0.15, -0.1) is 11.3 Å². The van der Waals surface area contributed by atoms with Crippen LogP contribution in [0.3, 0.4) is 0 Å². The smallest absolute Gasteiger partial charge is 0.199 e. The summed E-state index contributed by atoms with van der Waals surface area (Å²) >= 11 is 1.57. The van der Waals surface area contributed by atoms with E-state index < -0.39 is 0 Å². The van der Waals surface area contributed by atoms with Crippen LogP contribution in [0.15, 0.2) is 18.2 Å². The number of nitrogens with two attached hydrogens (primary N) is 1. The average molecular weight is 301 g/mol. The van der Waals surface area contributed by atoms with Gasteiger partial charge >= 0.3 is 0 Å². The minimum atomic E-state index is -0.0104. The first-order valence-corrected chi connectivity index (χ1v) is 8.03. The molecule has 0 fully saturated rings. The molecule has 2 aromatic rings. The molecule has 4 heteroatoms. The van der Waals surface area contributed by atoms with Crippen LogP contribution in [0.5, 0.6) is 5.75 Å². The molecule has 1 aromatic heterocycles. The zero-order valence-corrected chi connectivity index (χ0v) is 13.2. The summed E-state index contributed by atoms with van der Waals surface area (Å²) in [5.41, 5.74) is 9.68. The number of nitrogen functional groups attached to an aromatic ring is 1. The molecule has 1 aromatic carbocycles. The fourth-order valence-electron chi connectivity index (χ4n) is 2.96. The van der Waals surface area contributed by atoms with Crippen LogP contribution in [0.25, 0.3) is 0 Å². The standard InChI is InChI=1S/C17H19NO2S/c1-10-7-8-11(13(9-10)20-2)16(19)15-12-5-3-4-6-14(12)21-17(15)18/h7-9H,3-6,18H2,1-2H3. The van der Waals surface area contributed by atoms with Crippen LogP contribution in [0.1, 0.15) is 44.8 Å². The van der Waals surface area contributed by atoms with Crippen molar-refractivity contribution in [1.29, 1.82) is 0 Å². The second-order valence-corrected chi connectivity index (χ2v) is 6.62. The lowest BCUT2D eigenvalue weighted by Crippen LogP contribution is -2.10. The zero-order valence-electron chi connectivity index (χ0n) is 12.4. The molecule has 110 valence electrons. The lowest BCUT2D eigenvalue weighted by molar-refractivity contribution is 0.103. The Bertz CT molecular complexity index is 703. The molecule has 2 N–H and O–H groups in total. The Balaban J connectivity index is 2.09. The highest BCUT2D eigenvalue weighted by molar-refractivity contribution is 7.16. The summed E-state index contributed by atoms with van der Waals surface area (Å²) in [5, 5.41) is 0.648. The summed E-state index contributed by atoms with van der Waals surface area (Å²) in [7, 11) is 1.60. The number of hydrogen-bond acceptors (Lipinski definition) is 4. The third kappa shape index (κ3) is 2.44. The Labute approximate surface area is 128 Å². The number of ether oxygens (including phenoxy) is 1. The number of rotatable bonds is 3. The number of anilines is 1. The maximum atomic E-state index is 12.9. The van der Waals surface area contributed by atoms with E-state index in [9.17, 15) is 4.79 Å². The van der Waals surface area contributed by atoms with Gasteiger partial charge in [0.15, 0.2) is 5.78 Å². The number of ketones is 1. The normalized spacial score (nSPS) is 13.8. The van der Waals surface area contributed by atoms with E-state index >= 15 is 0 Å². The molecule has 0 bridgehead atoms. The van der Waals surface area contributed by atoms with Gasteiger partial charge in [0.05, 0.1) is 23.2 Å². The van der Waals surface area contributed by atoms with E-state index in [0.717, 1.165) is 30.4 Å². The Morgan fingerprint density at radius 1 is 1.29 bits per heavy atom. The number of benzene rings is 1. The van der Waals surface area contributed by atoms with Gasteiger partial charge in [0.2, 0.25) is 0 Å². The van der Waals surface area contributed by atoms with Crippen molar-refractivity contribution in [3.05, 3.63) is 45.3 Å². The van der Waals surface area contributed by atoms with Crippen LogP contribution in [0.2, 0.25) is 0 Å². The second-order valence-electron chi connectivity index (χ2n) is 5.48. The maximum Gasteiger partial charge on any atom is 0.199 e. The lowest BCUT2D eigenvalue weighted by atomic mass is 9.91. The molecule has 0 saturated carbocycles. The molecule has 1 aliphatic carbocycles. The molecule has 1 aliphatic rings. The summed E-state index contributed by atoms with van der Waals surface area (Å²) in [5.74, 6) is 0.610. The van der Waals surface area contributed by atoms with Crippen LogP contribution in [-0.2, 0) is 12.8 Å². The van der Waals surface area contributed by atoms with Crippen molar-refractivity contribution in [3.8, 4) is 5.75 Å². The summed E-state index contributed by atoms with van der Waals surface area (Å²) in [6.07, 6.45) is 4.32. The average Bonchev–Trinajstić information content (AvgIpc) is 2.82. The number of thiophene rings is 1. The molecule has 0 radical (unpaired) electrons. The SMILES string of the molecule is COc1cc(C)ccc1C(=O)c1c(N)sc2c1CCCC2. The number of fused-ring (bicyclic) bond motifs is 1. The molecular formula is C17H19NO2S. The fourth-order valence-corrected chi connectivity index (χ4v) is 4.11. The highest BCUT2D eigenvalue weighted by Gasteiger charge is 2.26. The van der Waals surface area contributed by atoms with Crippen molar-refractivity contribution >= 4 is 22.1 Å². The first kappa shape index (κ1) is 14.1. The number of methoxy groups -OCH3 is 1. The Morgan fingerprint density at radius 2 is 2.05 bits per heavy atom. The van der Waals surface area contributed by atoms with Crippen LogP contribution in [-0.4, -0.2) is 12.9 Å². The van der Waals surface area contributed by atoms with E-state index in [-0.39, 0.29) is 5.78 Å². The van der Waals surface area contributed by atoms with Gasteiger partial charge < -0.3 is 10.5 Å². The van der Waals surface area contributed by atoms with Gasteiger partial charge in [0.1, 0.15) is 5.75 Å². The van der Waals surface area contributed by atoms with E-state index in [0.29, 0.717) is 21.9 Å². The largest absolute Gasteiger partial charge is 0.496 e. The highest BCUT2D eigenvalue weighted by Crippen LogP contribution is 2.38. The Kier molecular flexibility index (Phi) is 3.72. The van der Waals surface area contributed by atoms with Gasteiger partial charge in [-0.25, -0.2) is 0 Å². The van der Waals surface area contributed by atoms with E-state index in [1.165, 1.54) is 11.3 Å². The monoisotopic (exact) mass is 301 g/mol. The molecule has 3 nitrogen and oxygen atoms in total. The van der Waals surface area contributed by atoms with Crippen molar-refractivity contribution in [1.82, 2.24) is 0 Å². The van der Waals surface area contributed by atoms with E-state index in [4.69, 9.17) is 10.5 Å². The summed E-state index contributed by atoms with van der Waals surface area (Å²) in [4.78, 5) is 14.2. The van der Waals surface area contributed by atoms with E-state index in [2.05, 4.69) is 0 Å². The molecule has 3 rings (SSSR count). The van der Waals surface area contributed by atoms with Gasteiger partial charge in [-0.05, 0) is 55.9 Å². The second kappa shape index (κ2) is 5.53. The lowest BCUT2D eigenvalue weighted by Gasteiger charge is -2.13. The molecule has 1 heterocycles. The topological polar surface area (TPSA) is 52.3 Å². The molecule has 0 amide bonds. The highest BCUT2D eigenvalue weighted by atomic mass is 32.1. The summed E-state index contributed by atoms with van der Waals surface area (Å²) in [6.45, 7) is 1.98.